The van der Waals surface area contributed by atoms with Gasteiger partial charge >= 0.3 is 0 Å². The molecule has 1 aliphatic heterocycles. The van der Waals surface area contributed by atoms with Crippen LogP contribution in [0, 0.1) is 0 Å². The third-order valence-corrected chi connectivity index (χ3v) is 3.14. The van der Waals surface area contributed by atoms with Crippen molar-refractivity contribution in [2.75, 3.05) is 13.2 Å². The molecule has 0 amide bonds. The molecule has 0 atom stereocenters. The summed E-state index contributed by atoms with van der Waals surface area (Å²) in [7, 11) is 0. The summed E-state index contributed by atoms with van der Waals surface area (Å²) in [6.07, 6.45) is 2.61. The zero-order valence-corrected chi connectivity index (χ0v) is 11.9. The Kier molecular flexibility index (Phi) is 4.36. The third kappa shape index (κ3) is 2.72. The van der Waals surface area contributed by atoms with Crippen LogP contribution in [0.25, 0.3) is 0 Å². The maximum absolute atomic E-state index is 5.57. The lowest BCUT2D eigenvalue weighted by Gasteiger charge is -2.16. The minimum absolute atomic E-state index is 0.434. The summed E-state index contributed by atoms with van der Waals surface area (Å²) in [5.41, 5.74) is 0.857. The molecule has 4 nitrogen and oxygen atoms in total. The average molecular weight is 315 g/mol. The van der Waals surface area contributed by atoms with Crippen molar-refractivity contribution in [1.29, 1.82) is 0 Å². The van der Waals surface area contributed by atoms with Gasteiger partial charge in [-0.1, -0.05) is 0 Å². The summed E-state index contributed by atoms with van der Waals surface area (Å²) in [6, 6.07) is 3.77. The van der Waals surface area contributed by atoms with Gasteiger partial charge in [0, 0.05) is 5.56 Å². The van der Waals surface area contributed by atoms with Gasteiger partial charge in [-0.3, -0.25) is 0 Å². The number of benzene rings is 1. The quantitative estimate of drug-likeness (QED) is 0.829. The second-order valence-corrected chi connectivity index (χ2v) is 4.37. The van der Waals surface area contributed by atoms with Gasteiger partial charge in [-0.05, 0) is 41.9 Å². The largest absolute Gasteiger partial charge is 0.493 e. The Morgan fingerprint density at radius 2 is 1.56 bits per heavy atom. The van der Waals surface area contributed by atoms with Gasteiger partial charge in [-0.15, -0.1) is 0 Å². The maximum Gasteiger partial charge on any atom is 0.266 e. The van der Waals surface area contributed by atoms with Gasteiger partial charge in [0.2, 0.25) is 0 Å². The van der Waals surface area contributed by atoms with Gasteiger partial charge in [-0.25, -0.2) is 0 Å². The van der Waals surface area contributed by atoms with Crippen LogP contribution in [0.4, 0.5) is 0 Å². The average Bonchev–Trinajstić information content (AvgIpc) is 2.88. The third-order valence-electron chi connectivity index (χ3n) is 2.36. The van der Waals surface area contributed by atoms with Crippen LogP contribution in [-0.2, 0) is 9.47 Å². The van der Waals surface area contributed by atoms with Crippen molar-refractivity contribution in [3.05, 3.63) is 34.7 Å². The predicted octanol–water partition coefficient (Wildman–Crippen LogP) is 3.76. The van der Waals surface area contributed by atoms with E-state index in [-0.39, 0.29) is 0 Å². The highest BCUT2D eigenvalue weighted by atomic mass is 79.9. The summed E-state index contributed by atoms with van der Waals surface area (Å²) in [6.45, 7) is 5.03. The van der Waals surface area contributed by atoms with E-state index in [1.165, 1.54) is 12.5 Å². The molecule has 0 bridgehead atoms. The highest BCUT2D eigenvalue weighted by molar-refractivity contribution is 9.10. The zero-order valence-electron chi connectivity index (χ0n) is 10.3. The van der Waals surface area contributed by atoms with Crippen LogP contribution in [0.5, 0.6) is 11.5 Å². The van der Waals surface area contributed by atoms with Crippen molar-refractivity contribution >= 4 is 15.9 Å². The van der Waals surface area contributed by atoms with Crippen LogP contribution in [0.15, 0.2) is 29.1 Å². The molecule has 0 unspecified atom stereocenters. The van der Waals surface area contributed by atoms with E-state index in [2.05, 4.69) is 15.9 Å². The summed E-state index contributed by atoms with van der Waals surface area (Å²) >= 11 is 3.48. The van der Waals surface area contributed by atoms with Crippen LogP contribution in [0.2, 0.25) is 0 Å². The Labute approximate surface area is 115 Å². The second-order valence-electron chi connectivity index (χ2n) is 3.57. The first kappa shape index (κ1) is 13.1. The van der Waals surface area contributed by atoms with E-state index in [4.69, 9.17) is 18.9 Å². The Hall–Kier alpha value is -1.36. The first-order valence-corrected chi connectivity index (χ1v) is 6.60. The van der Waals surface area contributed by atoms with Crippen molar-refractivity contribution in [2.45, 2.75) is 20.1 Å². The highest BCUT2D eigenvalue weighted by Crippen LogP contribution is 2.39. The maximum atomic E-state index is 5.57. The Morgan fingerprint density at radius 3 is 2.00 bits per heavy atom. The molecule has 18 heavy (non-hydrogen) atoms. The van der Waals surface area contributed by atoms with Crippen LogP contribution in [-0.4, -0.2) is 13.2 Å². The van der Waals surface area contributed by atoms with Crippen molar-refractivity contribution in [2.24, 2.45) is 0 Å². The lowest BCUT2D eigenvalue weighted by atomic mass is 10.2. The van der Waals surface area contributed by atoms with Crippen molar-refractivity contribution in [3.8, 4) is 11.5 Å². The van der Waals surface area contributed by atoms with Gasteiger partial charge in [0.25, 0.3) is 6.29 Å². The minimum Gasteiger partial charge on any atom is -0.493 e. The fourth-order valence-corrected chi connectivity index (χ4v) is 2.10. The number of hydrogen-bond donors (Lipinski definition) is 0. The highest BCUT2D eigenvalue weighted by Gasteiger charge is 2.20. The monoisotopic (exact) mass is 314 g/mol. The Bertz CT molecular complexity index is 410. The summed E-state index contributed by atoms with van der Waals surface area (Å²) < 4.78 is 22.6. The van der Waals surface area contributed by atoms with Gasteiger partial charge in [0.15, 0.2) is 0 Å². The Balaban J connectivity index is 2.34. The van der Waals surface area contributed by atoms with Crippen LogP contribution in [0.3, 0.4) is 0 Å². The molecule has 0 radical (unpaired) electrons. The molecule has 0 N–H and O–H groups in total. The lowest BCUT2D eigenvalue weighted by molar-refractivity contribution is -0.0249. The first-order valence-electron chi connectivity index (χ1n) is 5.81. The van der Waals surface area contributed by atoms with Crippen LogP contribution in [0.1, 0.15) is 25.7 Å². The van der Waals surface area contributed by atoms with Crippen molar-refractivity contribution < 1.29 is 18.9 Å². The molecule has 0 fully saturated rings. The molecule has 2 rings (SSSR count). The fraction of sp³-hybridized carbons (Fsp3) is 0.385. The van der Waals surface area contributed by atoms with Gasteiger partial charge in [0.05, 0.1) is 13.2 Å². The standard InChI is InChI=1S/C13H15BrO4/c1-3-15-10-7-9(13-17-5-6-18-13)8-11(12(10)14)16-4-2/h5-8,13H,3-4H2,1-2H3. The van der Waals surface area contributed by atoms with E-state index in [0.29, 0.717) is 13.2 Å². The van der Waals surface area contributed by atoms with Crippen molar-refractivity contribution in [1.82, 2.24) is 0 Å². The van der Waals surface area contributed by atoms with Crippen molar-refractivity contribution in [3.63, 3.8) is 0 Å². The molecular formula is C13H15BrO4. The molecule has 0 saturated carbocycles. The molecule has 98 valence electrons. The topological polar surface area (TPSA) is 36.9 Å². The summed E-state index contributed by atoms with van der Waals surface area (Å²) in [5, 5.41) is 0. The van der Waals surface area contributed by atoms with E-state index in [0.717, 1.165) is 21.5 Å². The van der Waals surface area contributed by atoms with Crippen LogP contribution < -0.4 is 9.47 Å². The van der Waals surface area contributed by atoms with Gasteiger partial charge in [-0.2, -0.15) is 0 Å². The molecule has 1 aromatic carbocycles. The molecule has 5 heteroatoms. The number of rotatable bonds is 5. The van der Waals surface area contributed by atoms with E-state index >= 15 is 0 Å². The number of hydrogen-bond acceptors (Lipinski definition) is 4. The molecule has 1 heterocycles. The predicted molar refractivity (Wildman–Crippen MR) is 70.5 cm³/mol. The minimum atomic E-state index is -0.434. The molecule has 0 aromatic heterocycles. The van der Waals surface area contributed by atoms with Crippen LogP contribution >= 0.6 is 15.9 Å². The summed E-state index contributed by atoms with van der Waals surface area (Å²) in [4.78, 5) is 0. The molecule has 0 spiro atoms. The normalized spacial score (nSPS) is 14.2. The fourth-order valence-electron chi connectivity index (χ4n) is 1.65. The Morgan fingerprint density at radius 1 is 1.06 bits per heavy atom. The summed E-state index contributed by atoms with van der Waals surface area (Å²) in [5.74, 6) is 1.44. The van der Waals surface area contributed by atoms with E-state index in [1.54, 1.807) is 0 Å². The smallest absolute Gasteiger partial charge is 0.266 e. The van der Waals surface area contributed by atoms with E-state index < -0.39 is 6.29 Å². The first-order chi connectivity index (χ1) is 8.76. The van der Waals surface area contributed by atoms with E-state index in [1.807, 2.05) is 26.0 Å². The van der Waals surface area contributed by atoms with Gasteiger partial charge < -0.3 is 18.9 Å². The number of halogens is 1. The zero-order chi connectivity index (χ0) is 13.0. The molecular weight excluding hydrogens is 300 g/mol. The molecule has 1 aliphatic rings. The lowest BCUT2D eigenvalue weighted by Crippen LogP contribution is -2.03. The molecule has 0 aliphatic carbocycles. The van der Waals surface area contributed by atoms with E-state index in [9.17, 15) is 0 Å². The number of ether oxygens (including phenoxy) is 4. The molecule has 0 saturated heterocycles. The second kappa shape index (κ2) is 6.00. The molecule has 1 aromatic rings. The van der Waals surface area contributed by atoms with Gasteiger partial charge in [0.1, 0.15) is 28.5 Å². The SMILES string of the molecule is CCOc1cc(C2OC=CO2)cc(OCC)c1Br.